The van der Waals surface area contributed by atoms with Gasteiger partial charge in [-0.15, -0.1) is 12.4 Å². The number of carbonyl (C=O) groups excluding carboxylic acids is 1. The van der Waals surface area contributed by atoms with Gasteiger partial charge < -0.3 is 15.0 Å². The number of carbonyl (C=O) groups is 1. The summed E-state index contributed by atoms with van der Waals surface area (Å²) in [7, 11) is 1.89. The predicted molar refractivity (Wildman–Crippen MR) is 115 cm³/mol. The molecule has 0 saturated carbocycles. The maximum Gasteiger partial charge on any atom is 0.260 e. The molecule has 2 atom stereocenters. The molecular weight excluding hydrogens is 395 g/mol. The van der Waals surface area contributed by atoms with Gasteiger partial charge in [-0.05, 0) is 48.9 Å². The first-order valence-corrected chi connectivity index (χ1v) is 9.97. The van der Waals surface area contributed by atoms with Crippen molar-refractivity contribution >= 4 is 29.9 Å². The van der Waals surface area contributed by atoms with E-state index in [1.54, 1.807) is 0 Å². The number of benzene rings is 2. The Morgan fingerprint density at radius 3 is 2.43 bits per heavy atom. The molecule has 0 aliphatic carbocycles. The highest BCUT2D eigenvalue weighted by Gasteiger charge is 2.36. The first-order valence-electron chi connectivity index (χ1n) is 9.59. The molecule has 2 aliphatic heterocycles. The number of nitrogens with zero attached hydrogens (tertiary/aromatic N) is 1. The zero-order valence-electron chi connectivity index (χ0n) is 15.9. The summed E-state index contributed by atoms with van der Waals surface area (Å²) >= 11 is 6.38. The summed E-state index contributed by atoms with van der Waals surface area (Å²) in [4.78, 5) is 14.4. The summed E-state index contributed by atoms with van der Waals surface area (Å²) in [5.41, 5.74) is 2.13. The zero-order valence-corrected chi connectivity index (χ0v) is 17.5. The Kier molecular flexibility index (Phi) is 6.86. The van der Waals surface area contributed by atoms with Gasteiger partial charge in [0.2, 0.25) is 0 Å². The molecule has 150 valence electrons. The normalized spacial score (nSPS) is 23.0. The lowest BCUT2D eigenvalue weighted by molar-refractivity contribution is -0.134. The van der Waals surface area contributed by atoms with Crippen molar-refractivity contribution in [1.29, 1.82) is 0 Å². The minimum atomic E-state index is 0. The van der Waals surface area contributed by atoms with Crippen LogP contribution < -0.4 is 10.1 Å². The first kappa shape index (κ1) is 21.0. The molecule has 2 fully saturated rings. The fourth-order valence-electron chi connectivity index (χ4n) is 4.22. The molecule has 6 heteroatoms. The molecule has 2 bridgehead atoms. The minimum Gasteiger partial charge on any atom is -0.482 e. The van der Waals surface area contributed by atoms with E-state index in [4.69, 9.17) is 16.3 Å². The third-order valence-corrected chi connectivity index (χ3v) is 6.07. The number of piperidine rings is 1. The van der Waals surface area contributed by atoms with Crippen molar-refractivity contribution in [2.45, 2.75) is 43.8 Å². The maximum atomic E-state index is 12.6. The van der Waals surface area contributed by atoms with E-state index in [1.807, 2.05) is 60.5 Å². The van der Waals surface area contributed by atoms with Gasteiger partial charge in [0.05, 0.1) is 5.02 Å². The maximum absolute atomic E-state index is 12.6. The van der Waals surface area contributed by atoms with E-state index >= 15 is 0 Å². The summed E-state index contributed by atoms with van der Waals surface area (Å²) in [6, 6.07) is 17.2. The minimum absolute atomic E-state index is 0. The number of ether oxygens (including phenoxy) is 1. The lowest BCUT2D eigenvalue weighted by atomic mass is 9.98. The second-order valence-electron chi connectivity index (χ2n) is 7.57. The Balaban J connectivity index is 0.00000225. The quantitative estimate of drug-likeness (QED) is 0.770. The van der Waals surface area contributed by atoms with Crippen LogP contribution in [-0.2, 0) is 4.79 Å². The smallest absolute Gasteiger partial charge is 0.260 e. The highest BCUT2D eigenvalue weighted by Crippen LogP contribution is 2.31. The van der Waals surface area contributed by atoms with E-state index in [9.17, 15) is 4.79 Å². The van der Waals surface area contributed by atoms with Gasteiger partial charge >= 0.3 is 0 Å². The molecule has 0 aromatic heterocycles. The zero-order chi connectivity index (χ0) is 18.8. The molecule has 4 nitrogen and oxygen atoms in total. The lowest BCUT2D eigenvalue weighted by Crippen LogP contribution is -2.49. The SMILES string of the molecule is CN(C(=O)COc1ccc(-c2ccccc2)cc1Cl)C1CC2CCC(C1)N2.Cl. The van der Waals surface area contributed by atoms with Crippen LogP contribution in [-0.4, -0.2) is 42.6 Å². The molecule has 28 heavy (non-hydrogen) atoms. The molecule has 2 unspecified atom stereocenters. The number of likely N-dealkylation sites (N-methyl/N-ethyl adjacent to an activating group) is 1. The van der Waals surface area contributed by atoms with Gasteiger partial charge in [0, 0.05) is 25.2 Å². The second kappa shape index (κ2) is 9.17. The van der Waals surface area contributed by atoms with Gasteiger partial charge in [-0.1, -0.05) is 48.0 Å². The molecule has 1 amide bonds. The van der Waals surface area contributed by atoms with Crippen molar-refractivity contribution in [2.75, 3.05) is 13.7 Å². The van der Waals surface area contributed by atoms with Crippen molar-refractivity contribution in [3.05, 3.63) is 53.6 Å². The van der Waals surface area contributed by atoms with Crippen molar-refractivity contribution in [1.82, 2.24) is 10.2 Å². The van der Waals surface area contributed by atoms with Crippen molar-refractivity contribution < 1.29 is 9.53 Å². The molecule has 2 aliphatic rings. The van der Waals surface area contributed by atoms with Crippen LogP contribution in [0.5, 0.6) is 5.75 Å². The molecule has 2 heterocycles. The third-order valence-electron chi connectivity index (χ3n) is 5.78. The molecule has 4 rings (SSSR count). The number of hydrogen-bond acceptors (Lipinski definition) is 3. The molecule has 1 N–H and O–H groups in total. The number of amides is 1. The van der Waals surface area contributed by atoms with Gasteiger partial charge in [0.15, 0.2) is 6.61 Å². The van der Waals surface area contributed by atoms with E-state index in [-0.39, 0.29) is 24.9 Å². The Bertz CT molecular complexity index is 803. The van der Waals surface area contributed by atoms with Crippen LogP contribution in [0.3, 0.4) is 0 Å². The van der Waals surface area contributed by atoms with Crippen LogP contribution in [0.15, 0.2) is 48.5 Å². The van der Waals surface area contributed by atoms with Crippen LogP contribution in [0.25, 0.3) is 11.1 Å². The molecule has 0 spiro atoms. The van der Waals surface area contributed by atoms with Crippen molar-refractivity contribution in [3.63, 3.8) is 0 Å². The van der Waals surface area contributed by atoms with Crippen LogP contribution in [0.4, 0.5) is 0 Å². The largest absolute Gasteiger partial charge is 0.482 e. The number of nitrogens with one attached hydrogen (secondary N) is 1. The Morgan fingerprint density at radius 1 is 1.11 bits per heavy atom. The molecular formula is C22H26Cl2N2O2. The van der Waals surface area contributed by atoms with E-state index in [1.165, 1.54) is 12.8 Å². The standard InChI is InChI=1S/C22H25ClN2O2.ClH/c1-25(19-12-17-8-9-18(13-19)24-17)22(26)14-27-21-10-7-16(11-20(21)23)15-5-3-2-4-6-15;/h2-7,10-11,17-19,24H,8-9,12-14H2,1H3;1H. The fourth-order valence-corrected chi connectivity index (χ4v) is 4.45. The molecule has 0 radical (unpaired) electrons. The number of halogens is 2. The van der Waals surface area contributed by atoms with Gasteiger partial charge in [-0.25, -0.2) is 0 Å². The average molecular weight is 421 g/mol. The summed E-state index contributed by atoms with van der Waals surface area (Å²) in [5.74, 6) is 0.549. The van der Waals surface area contributed by atoms with Gasteiger partial charge in [0.1, 0.15) is 5.75 Å². The van der Waals surface area contributed by atoms with Gasteiger partial charge in [-0.3, -0.25) is 4.79 Å². The summed E-state index contributed by atoms with van der Waals surface area (Å²) in [6.45, 7) is 0.0141. The van der Waals surface area contributed by atoms with E-state index in [0.29, 0.717) is 28.9 Å². The van der Waals surface area contributed by atoms with Crippen LogP contribution in [0, 0.1) is 0 Å². The van der Waals surface area contributed by atoms with Crippen LogP contribution >= 0.6 is 24.0 Å². The highest BCUT2D eigenvalue weighted by atomic mass is 35.5. The van der Waals surface area contributed by atoms with Crippen LogP contribution in [0.2, 0.25) is 5.02 Å². The summed E-state index contributed by atoms with van der Waals surface area (Å²) in [6.07, 6.45) is 4.52. The Labute approximate surface area is 177 Å². The van der Waals surface area contributed by atoms with Crippen molar-refractivity contribution in [3.8, 4) is 16.9 Å². The summed E-state index contributed by atoms with van der Waals surface area (Å²) in [5, 5.41) is 4.13. The number of rotatable bonds is 5. The molecule has 2 aromatic rings. The monoisotopic (exact) mass is 420 g/mol. The molecule has 2 aromatic carbocycles. The van der Waals surface area contributed by atoms with Gasteiger partial charge in [0.25, 0.3) is 5.91 Å². The number of fused-ring (bicyclic) bond motifs is 2. The average Bonchev–Trinajstić information content (AvgIpc) is 3.04. The third kappa shape index (κ3) is 4.62. The van der Waals surface area contributed by atoms with E-state index < -0.39 is 0 Å². The van der Waals surface area contributed by atoms with Gasteiger partial charge in [-0.2, -0.15) is 0 Å². The first-order chi connectivity index (χ1) is 13.1. The number of hydrogen-bond donors (Lipinski definition) is 1. The summed E-state index contributed by atoms with van der Waals surface area (Å²) < 4.78 is 5.73. The predicted octanol–water partition coefficient (Wildman–Crippen LogP) is 4.55. The van der Waals surface area contributed by atoms with Crippen molar-refractivity contribution in [2.24, 2.45) is 0 Å². The Morgan fingerprint density at radius 2 is 1.79 bits per heavy atom. The Hall–Kier alpha value is -1.75. The molecule has 2 saturated heterocycles. The highest BCUT2D eigenvalue weighted by molar-refractivity contribution is 6.32. The fraction of sp³-hybridized carbons (Fsp3) is 0.409. The van der Waals surface area contributed by atoms with Crippen LogP contribution in [0.1, 0.15) is 25.7 Å². The lowest BCUT2D eigenvalue weighted by Gasteiger charge is -2.35. The van der Waals surface area contributed by atoms with E-state index in [0.717, 1.165) is 24.0 Å². The topological polar surface area (TPSA) is 41.6 Å². The second-order valence-corrected chi connectivity index (χ2v) is 7.97. The van der Waals surface area contributed by atoms with E-state index in [2.05, 4.69) is 5.32 Å².